The van der Waals surface area contributed by atoms with Gasteiger partial charge in [-0.2, -0.15) is 4.68 Å². The van der Waals surface area contributed by atoms with Crippen LogP contribution < -0.4 is 14.4 Å². The van der Waals surface area contributed by atoms with Crippen molar-refractivity contribution in [2.24, 2.45) is 0 Å². The lowest BCUT2D eigenvalue weighted by Crippen LogP contribution is -2.42. The van der Waals surface area contributed by atoms with Crippen LogP contribution in [0.15, 0.2) is 84.0 Å². The van der Waals surface area contributed by atoms with Gasteiger partial charge in [0.25, 0.3) is 0 Å². The molecule has 166 valence electrons. The lowest BCUT2D eigenvalue weighted by Gasteiger charge is -2.37. The van der Waals surface area contributed by atoms with Crippen LogP contribution in [0.25, 0.3) is 5.69 Å². The monoisotopic (exact) mass is 459 g/mol. The molecule has 0 aliphatic carbocycles. The van der Waals surface area contributed by atoms with Crippen molar-refractivity contribution in [3.63, 3.8) is 0 Å². The molecule has 0 N–H and O–H groups in total. The highest BCUT2D eigenvalue weighted by Crippen LogP contribution is 2.40. The van der Waals surface area contributed by atoms with Crippen molar-refractivity contribution in [1.82, 2.24) is 20.2 Å². The highest BCUT2D eigenvalue weighted by Gasteiger charge is 2.33. The molecule has 0 saturated heterocycles. The number of thioether (sulfide) groups is 1. The Morgan fingerprint density at radius 1 is 1.03 bits per heavy atom. The van der Waals surface area contributed by atoms with E-state index in [1.54, 1.807) is 11.8 Å². The van der Waals surface area contributed by atoms with Gasteiger partial charge in [0.2, 0.25) is 11.1 Å². The molecule has 1 atom stereocenters. The molecule has 2 heterocycles. The van der Waals surface area contributed by atoms with E-state index in [1.165, 1.54) is 11.8 Å². The third-order valence-electron chi connectivity index (χ3n) is 5.37. The normalized spacial score (nSPS) is 14.9. The van der Waals surface area contributed by atoms with Gasteiger partial charge in [-0.15, -0.1) is 5.10 Å². The number of para-hydroxylation sites is 4. The van der Waals surface area contributed by atoms with Crippen LogP contribution in [-0.4, -0.2) is 45.6 Å². The number of tetrazole rings is 1. The van der Waals surface area contributed by atoms with Crippen LogP contribution in [0, 0.1) is 0 Å². The Morgan fingerprint density at radius 2 is 1.76 bits per heavy atom. The predicted molar refractivity (Wildman–Crippen MR) is 125 cm³/mol. The second kappa shape index (κ2) is 9.33. The van der Waals surface area contributed by atoms with Gasteiger partial charge in [0, 0.05) is 0 Å². The molecule has 33 heavy (non-hydrogen) atoms. The number of fused-ring (bicyclic) bond motifs is 1. The van der Waals surface area contributed by atoms with Crippen LogP contribution in [0.5, 0.6) is 11.5 Å². The second-order valence-electron chi connectivity index (χ2n) is 7.30. The van der Waals surface area contributed by atoms with Crippen LogP contribution in [0.3, 0.4) is 0 Å². The maximum Gasteiger partial charge on any atom is 0.238 e. The number of amides is 1. The number of hydrogen-bond donors (Lipinski definition) is 0. The third kappa shape index (κ3) is 4.14. The number of carbonyl (C=O) groups is 1. The molecular weight excluding hydrogens is 438 g/mol. The van der Waals surface area contributed by atoms with Gasteiger partial charge >= 0.3 is 0 Å². The standard InChI is InChI=1S/C24H21N5O3S/c1-31-21-13-7-6-12-19(21)29-24(25-26-27-29)33-16-23(30)28-18-11-5-8-14-22(18)32-15-20(28)17-9-3-2-4-10-17/h2-14,20H,15-16H2,1H3/t20-/m0/s1. The molecule has 5 rings (SSSR count). The van der Waals surface area contributed by atoms with Crippen molar-refractivity contribution in [3.05, 3.63) is 84.4 Å². The Labute approximate surface area is 195 Å². The summed E-state index contributed by atoms with van der Waals surface area (Å²) in [5.41, 5.74) is 2.48. The number of carbonyl (C=O) groups excluding carboxylic acids is 1. The molecule has 0 saturated carbocycles. The van der Waals surface area contributed by atoms with Gasteiger partial charge in [-0.3, -0.25) is 9.69 Å². The van der Waals surface area contributed by atoms with Gasteiger partial charge in [-0.05, 0) is 40.3 Å². The Morgan fingerprint density at radius 3 is 2.58 bits per heavy atom. The fourth-order valence-corrected chi connectivity index (χ4v) is 4.58. The van der Waals surface area contributed by atoms with E-state index in [2.05, 4.69) is 15.5 Å². The van der Waals surface area contributed by atoms with E-state index < -0.39 is 0 Å². The minimum atomic E-state index is -0.223. The first-order chi connectivity index (χ1) is 16.3. The SMILES string of the molecule is COc1ccccc1-n1nnnc1SCC(=O)N1c2ccccc2OC[C@H]1c1ccccc1. The lowest BCUT2D eigenvalue weighted by molar-refractivity contribution is -0.117. The summed E-state index contributed by atoms with van der Waals surface area (Å²) in [5, 5.41) is 12.5. The van der Waals surface area contributed by atoms with E-state index in [0.717, 1.165) is 11.3 Å². The van der Waals surface area contributed by atoms with E-state index in [4.69, 9.17) is 9.47 Å². The van der Waals surface area contributed by atoms with Crippen molar-refractivity contribution in [3.8, 4) is 17.2 Å². The molecule has 0 spiro atoms. The highest BCUT2D eigenvalue weighted by atomic mass is 32.2. The summed E-state index contributed by atoms with van der Waals surface area (Å²) in [6, 6.07) is 24.8. The maximum atomic E-state index is 13.6. The number of rotatable bonds is 6. The zero-order valence-electron chi connectivity index (χ0n) is 17.9. The summed E-state index contributed by atoms with van der Waals surface area (Å²) in [5.74, 6) is 1.44. The minimum absolute atomic E-state index is 0.0563. The van der Waals surface area contributed by atoms with Crippen LogP contribution in [0.2, 0.25) is 0 Å². The van der Waals surface area contributed by atoms with Crippen molar-refractivity contribution < 1.29 is 14.3 Å². The molecule has 0 unspecified atom stereocenters. The third-order valence-corrected chi connectivity index (χ3v) is 6.27. The van der Waals surface area contributed by atoms with Crippen molar-refractivity contribution in [2.75, 3.05) is 24.4 Å². The van der Waals surface area contributed by atoms with Crippen LogP contribution in [0.4, 0.5) is 5.69 Å². The lowest BCUT2D eigenvalue weighted by atomic mass is 10.0. The molecule has 1 aliphatic heterocycles. The summed E-state index contributed by atoms with van der Waals surface area (Å²) in [6.07, 6.45) is 0. The summed E-state index contributed by atoms with van der Waals surface area (Å²) in [4.78, 5) is 15.4. The molecule has 9 heteroatoms. The van der Waals surface area contributed by atoms with E-state index in [-0.39, 0.29) is 17.7 Å². The topological polar surface area (TPSA) is 82.4 Å². The number of nitrogens with zero attached hydrogens (tertiary/aromatic N) is 5. The number of ether oxygens (including phenoxy) is 2. The van der Waals surface area contributed by atoms with E-state index in [9.17, 15) is 4.79 Å². The Kier molecular flexibility index (Phi) is 5.95. The van der Waals surface area contributed by atoms with Crippen molar-refractivity contribution in [1.29, 1.82) is 0 Å². The highest BCUT2D eigenvalue weighted by molar-refractivity contribution is 7.99. The largest absolute Gasteiger partial charge is 0.494 e. The Balaban J connectivity index is 1.42. The van der Waals surface area contributed by atoms with Crippen molar-refractivity contribution in [2.45, 2.75) is 11.2 Å². The fourth-order valence-electron chi connectivity index (χ4n) is 3.84. The van der Waals surface area contributed by atoms with E-state index in [0.29, 0.717) is 28.9 Å². The van der Waals surface area contributed by atoms with Gasteiger partial charge in [0.15, 0.2) is 0 Å². The quantitative estimate of drug-likeness (QED) is 0.404. The summed E-state index contributed by atoms with van der Waals surface area (Å²) < 4.78 is 13.0. The van der Waals surface area contributed by atoms with Gasteiger partial charge in [0.1, 0.15) is 23.8 Å². The predicted octanol–water partition coefficient (Wildman–Crippen LogP) is 3.93. The molecule has 1 aromatic heterocycles. The fraction of sp³-hybridized carbons (Fsp3) is 0.167. The van der Waals surface area contributed by atoms with Crippen molar-refractivity contribution >= 4 is 23.4 Å². The van der Waals surface area contributed by atoms with Crippen LogP contribution in [0.1, 0.15) is 11.6 Å². The van der Waals surface area contributed by atoms with E-state index >= 15 is 0 Å². The van der Waals surface area contributed by atoms with Gasteiger partial charge in [0.05, 0.1) is 24.6 Å². The maximum absolute atomic E-state index is 13.6. The van der Waals surface area contributed by atoms with Gasteiger partial charge in [-0.1, -0.05) is 66.4 Å². The van der Waals surface area contributed by atoms with Gasteiger partial charge < -0.3 is 9.47 Å². The number of anilines is 1. The van der Waals surface area contributed by atoms with Gasteiger partial charge in [-0.25, -0.2) is 0 Å². The average molecular weight is 460 g/mol. The van der Waals surface area contributed by atoms with Crippen LogP contribution >= 0.6 is 11.8 Å². The summed E-state index contributed by atoms with van der Waals surface area (Å²) in [7, 11) is 1.60. The Hall–Kier alpha value is -3.85. The van der Waals surface area contributed by atoms with Crippen LogP contribution in [-0.2, 0) is 4.79 Å². The van der Waals surface area contributed by atoms with E-state index in [1.807, 2.05) is 83.8 Å². The molecule has 8 nitrogen and oxygen atoms in total. The first-order valence-corrected chi connectivity index (χ1v) is 11.4. The molecule has 0 bridgehead atoms. The number of benzene rings is 3. The number of methoxy groups -OCH3 is 1. The molecule has 0 fully saturated rings. The number of hydrogen-bond acceptors (Lipinski definition) is 7. The molecule has 1 aliphatic rings. The second-order valence-corrected chi connectivity index (χ2v) is 8.25. The smallest absolute Gasteiger partial charge is 0.238 e. The minimum Gasteiger partial charge on any atom is -0.494 e. The molecular formula is C24H21N5O3S. The first-order valence-electron chi connectivity index (χ1n) is 10.4. The summed E-state index contributed by atoms with van der Waals surface area (Å²) >= 11 is 1.28. The number of aromatic nitrogens is 4. The molecule has 4 aromatic rings. The molecule has 1 amide bonds. The molecule has 3 aromatic carbocycles. The zero-order chi connectivity index (χ0) is 22.6. The molecule has 0 radical (unpaired) electrons. The zero-order valence-corrected chi connectivity index (χ0v) is 18.7. The Bertz CT molecular complexity index is 1260. The first kappa shape index (κ1) is 21.0. The average Bonchev–Trinajstić information content (AvgIpc) is 3.35. The summed E-state index contributed by atoms with van der Waals surface area (Å²) in [6.45, 7) is 0.385.